The monoisotopic (exact) mass is 443 g/mol. The fraction of sp³-hybridized carbons (Fsp3) is 0.280. The van der Waals surface area contributed by atoms with E-state index in [1.54, 1.807) is 25.4 Å². The van der Waals surface area contributed by atoms with Gasteiger partial charge in [0.2, 0.25) is 0 Å². The number of hydrogen-bond acceptors (Lipinski definition) is 7. The summed E-state index contributed by atoms with van der Waals surface area (Å²) in [7, 11) is 1.62. The number of rotatable bonds is 8. The van der Waals surface area contributed by atoms with E-state index in [-0.39, 0.29) is 6.10 Å². The first kappa shape index (κ1) is 22.2. The number of nitrogens with one attached hydrogen (secondary N) is 1. The molecule has 2 heterocycles. The van der Waals surface area contributed by atoms with Crippen LogP contribution >= 0.6 is 0 Å². The van der Waals surface area contributed by atoms with Gasteiger partial charge < -0.3 is 14.2 Å². The zero-order valence-electron chi connectivity index (χ0n) is 19.0. The number of ether oxygens (including phenoxy) is 3. The highest BCUT2D eigenvalue weighted by atomic mass is 16.5. The third kappa shape index (κ3) is 4.78. The number of aromatic nitrogens is 4. The number of nitriles is 1. The average Bonchev–Trinajstić information content (AvgIpc) is 3.22. The van der Waals surface area contributed by atoms with E-state index in [9.17, 15) is 5.26 Å². The Hall–Kier alpha value is -3.96. The van der Waals surface area contributed by atoms with Crippen LogP contribution in [-0.4, -0.2) is 40.7 Å². The molecule has 4 rings (SSSR count). The zero-order valence-corrected chi connectivity index (χ0v) is 19.0. The van der Waals surface area contributed by atoms with Gasteiger partial charge in [-0.05, 0) is 62.7 Å². The Labute approximate surface area is 192 Å². The van der Waals surface area contributed by atoms with Crippen LogP contribution in [0, 0.1) is 25.2 Å². The largest absolute Gasteiger partial charge is 0.491 e. The van der Waals surface area contributed by atoms with Crippen molar-refractivity contribution >= 4 is 10.9 Å². The van der Waals surface area contributed by atoms with Gasteiger partial charge in [0.05, 0.1) is 35.6 Å². The molecular formula is C25H25N5O3. The lowest BCUT2D eigenvalue weighted by atomic mass is 10.0. The van der Waals surface area contributed by atoms with E-state index in [2.05, 4.69) is 26.5 Å². The van der Waals surface area contributed by atoms with Crippen molar-refractivity contribution in [3.63, 3.8) is 0 Å². The van der Waals surface area contributed by atoms with Crippen LogP contribution in [0.2, 0.25) is 0 Å². The van der Waals surface area contributed by atoms with Crippen LogP contribution < -0.4 is 9.47 Å². The maximum Gasteiger partial charge on any atom is 0.123 e. The van der Waals surface area contributed by atoms with E-state index in [1.165, 1.54) is 0 Å². The van der Waals surface area contributed by atoms with E-state index in [0.29, 0.717) is 30.3 Å². The summed E-state index contributed by atoms with van der Waals surface area (Å²) < 4.78 is 17.0. The van der Waals surface area contributed by atoms with Crippen molar-refractivity contribution in [3.8, 4) is 28.8 Å². The first-order valence-corrected chi connectivity index (χ1v) is 10.6. The molecule has 1 atom stereocenters. The summed E-state index contributed by atoms with van der Waals surface area (Å²) in [4.78, 5) is 0. The summed E-state index contributed by atoms with van der Waals surface area (Å²) in [6, 6.07) is 13.4. The van der Waals surface area contributed by atoms with Gasteiger partial charge in [0.25, 0.3) is 0 Å². The Bertz CT molecular complexity index is 1310. The van der Waals surface area contributed by atoms with E-state index in [1.807, 2.05) is 45.0 Å². The molecule has 4 aromatic rings. The molecular weight excluding hydrogens is 418 g/mol. The van der Waals surface area contributed by atoms with Crippen LogP contribution in [0.15, 0.2) is 42.6 Å². The van der Waals surface area contributed by atoms with Gasteiger partial charge in [-0.25, -0.2) is 0 Å². The highest BCUT2D eigenvalue weighted by molar-refractivity contribution is 5.94. The molecule has 0 saturated carbocycles. The second-order valence-corrected chi connectivity index (χ2v) is 7.77. The van der Waals surface area contributed by atoms with Crippen LogP contribution in [0.5, 0.6) is 11.5 Å². The number of benzene rings is 2. The smallest absolute Gasteiger partial charge is 0.123 e. The van der Waals surface area contributed by atoms with Gasteiger partial charge in [-0.2, -0.15) is 20.6 Å². The topological polar surface area (TPSA) is 106 Å². The number of fused-ring (bicyclic) bond motifs is 1. The molecule has 168 valence electrons. The van der Waals surface area contributed by atoms with Gasteiger partial charge in [-0.3, -0.25) is 5.10 Å². The van der Waals surface area contributed by atoms with Crippen LogP contribution in [-0.2, 0) is 4.74 Å². The Morgan fingerprint density at radius 2 is 1.94 bits per heavy atom. The molecule has 0 amide bonds. The Morgan fingerprint density at radius 3 is 2.70 bits per heavy atom. The van der Waals surface area contributed by atoms with E-state index in [4.69, 9.17) is 14.2 Å². The first-order valence-electron chi connectivity index (χ1n) is 10.6. The molecule has 33 heavy (non-hydrogen) atoms. The number of H-pyrrole nitrogens is 1. The van der Waals surface area contributed by atoms with Gasteiger partial charge in [-0.15, -0.1) is 0 Å². The van der Waals surface area contributed by atoms with Crippen molar-refractivity contribution in [1.29, 1.82) is 5.26 Å². The fourth-order valence-corrected chi connectivity index (χ4v) is 3.90. The standard InChI is InChI=1S/C25H25N5O3/c1-15-14-27-28-16(2)24(15)17(3)33-20-5-6-23-22(12-20)25(30-29-23)19-9-18(13-26)10-21(11-19)32-8-7-31-4/h5-6,9-12,14,17H,7-8H2,1-4H3,(H,29,30)/t17-/m1/s1. The predicted octanol–water partition coefficient (Wildman–Crippen LogP) is 4.67. The van der Waals surface area contributed by atoms with Gasteiger partial charge in [0, 0.05) is 23.6 Å². The quantitative estimate of drug-likeness (QED) is 0.394. The van der Waals surface area contributed by atoms with Crippen molar-refractivity contribution in [1.82, 2.24) is 20.4 Å². The minimum atomic E-state index is -0.198. The lowest BCUT2D eigenvalue weighted by Crippen LogP contribution is -2.09. The molecule has 8 nitrogen and oxygen atoms in total. The third-order valence-corrected chi connectivity index (χ3v) is 5.39. The molecule has 0 radical (unpaired) electrons. The molecule has 0 unspecified atom stereocenters. The van der Waals surface area contributed by atoms with Crippen molar-refractivity contribution in [2.45, 2.75) is 26.9 Å². The minimum Gasteiger partial charge on any atom is -0.491 e. The SMILES string of the molecule is COCCOc1cc(C#N)cc(-c2n[nH]c3ccc(O[C@H](C)c4c(C)cnnc4C)cc23)c1. The number of aromatic amines is 1. The molecule has 2 aromatic carbocycles. The predicted molar refractivity (Wildman–Crippen MR) is 124 cm³/mol. The molecule has 2 aromatic heterocycles. The number of nitrogens with zero attached hydrogens (tertiary/aromatic N) is 4. The summed E-state index contributed by atoms with van der Waals surface area (Å²) in [6.07, 6.45) is 1.55. The zero-order chi connectivity index (χ0) is 23.4. The van der Waals surface area contributed by atoms with Gasteiger partial charge in [-0.1, -0.05) is 0 Å². The Balaban J connectivity index is 1.68. The van der Waals surface area contributed by atoms with Crippen LogP contribution in [0.4, 0.5) is 0 Å². The first-order chi connectivity index (χ1) is 16.0. The summed E-state index contributed by atoms with van der Waals surface area (Å²) in [6.45, 7) is 6.79. The van der Waals surface area contributed by atoms with Crippen LogP contribution in [0.1, 0.15) is 35.4 Å². The fourth-order valence-electron chi connectivity index (χ4n) is 3.90. The summed E-state index contributed by atoms with van der Waals surface area (Å²) >= 11 is 0. The Morgan fingerprint density at radius 1 is 1.09 bits per heavy atom. The van der Waals surface area contributed by atoms with Gasteiger partial charge in [0.15, 0.2) is 0 Å². The summed E-state index contributed by atoms with van der Waals surface area (Å²) in [5.41, 5.74) is 5.77. The molecule has 0 bridgehead atoms. The third-order valence-electron chi connectivity index (χ3n) is 5.39. The maximum absolute atomic E-state index is 9.48. The number of methoxy groups -OCH3 is 1. The number of aryl methyl sites for hydroxylation is 2. The second-order valence-electron chi connectivity index (χ2n) is 7.77. The summed E-state index contributed by atoms with van der Waals surface area (Å²) in [5, 5.41) is 26.1. The number of hydrogen-bond donors (Lipinski definition) is 1. The molecule has 0 aliphatic rings. The molecule has 1 N–H and O–H groups in total. The highest BCUT2D eigenvalue weighted by Crippen LogP contribution is 2.33. The van der Waals surface area contributed by atoms with Gasteiger partial charge in [0.1, 0.15) is 29.9 Å². The van der Waals surface area contributed by atoms with Crippen molar-refractivity contribution in [2.75, 3.05) is 20.3 Å². The molecule has 0 saturated heterocycles. The average molecular weight is 444 g/mol. The Kier molecular flexibility index (Phi) is 6.52. The van der Waals surface area contributed by atoms with Crippen LogP contribution in [0.3, 0.4) is 0 Å². The second kappa shape index (κ2) is 9.67. The summed E-state index contributed by atoms with van der Waals surface area (Å²) in [5.74, 6) is 1.30. The lowest BCUT2D eigenvalue weighted by Gasteiger charge is -2.18. The maximum atomic E-state index is 9.48. The lowest BCUT2D eigenvalue weighted by molar-refractivity contribution is 0.146. The normalized spacial score (nSPS) is 11.8. The molecule has 0 aliphatic heterocycles. The molecule has 0 spiro atoms. The molecule has 0 fully saturated rings. The van der Waals surface area contributed by atoms with E-state index in [0.717, 1.165) is 39.0 Å². The highest BCUT2D eigenvalue weighted by Gasteiger charge is 2.17. The van der Waals surface area contributed by atoms with E-state index < -0.39 is 0 Å². The van der Waals surface area contributed by atoms with Crippen LogP contribution in [0.25, 0.3) is 22.2 Å². The van der Waals surface area contributed by atoms with Gasteiger partial charge >= 0.3 is 0 Å². The van der Waals surface area contributed by atoms with E-state index >= 15 is 0 Å². The molecule has 0 aliphatic carbocycles. The van der Waals surface area contributed by atoms with Crippen molar-refractivity contribution in [2.24, 2.45) is 0 Å². The minimum absolute atomic E-state index is 0.198. The van der Waals surface area contributed by atoms with Crippen molar-refractivity contribution in [3.05, 3.63) is 65.0 Å². The van der Waals surface area contributed by atoms with Crippen molar-refractivity contribution < 1.29 is 14.2 Å². The molecule has 8 heteroatoms.